The fourth-order valence-electron chi connectivity index (χ4n) is 3.21. The number of nitrogens with one attached hydrogen (secondary N) is 2. The number of aliphatic imine (C=N–C) groups is 1. The summed E-state index contributed by atoms with van der Waals surface area (Å²) in [6.45, 7) is 5.85. The lowest BCUT2D eigenvalue weighted by Crippen LogP contribution is -2.37. The summed E-state index contributed by atoms with van der Waals surface area (Å²) in [7, 11) is 0. The van der Waals surface area contributed by atoms with Gasteiger partial charge in [-0.05, 0) is 37.0 Å². The van der Waals surface area contributed by atoms with Crippen LogP contribution in [0.4, 0.5) is 4.39 Å². The molecule has 0 radical (unpaired) electrons. The predicted octanol–water partition coefficient (Wildman–Crippen LogP) is 4.39. The van der Waals surface area contributed by atoms with Crippen molar-refractivity contribution in [3.8, 4) is 0 Å². The molecule has 0 saturated carbocycles. The third kappa shape index (κ3) is 8.20. The summed E-state index contributed by atoms with van der Waals surface area (Å²) in [5, 5.41) is 6.40. The second-order valence-electron chi connectivity index (χ2n) is 7.08. The van der Waals surface area contributed by atoms with Gasteiger partial charge in [0.25, 0.3) is 0 Å². The topological polar surface area (TPSA) is 54.9 Å². The van der Waals surface area contributed by atoms with E-state index in [9.17, 15) is 4.39 Å². The van der Waals surface area contributed by atoms with Crippen LogP contribution in [0.2, 0.25) is 0 Å². The van der Waals surface area contributed by atoms with Crippen molar-refractivity contribution >= 4 is 29.9 Å². The second kappa shape index (κ2) is 13.6. The molecule has 1 saturated heterocycles. The van der Waals surface area contributed by atoms with Crippen molar-refractivity contribution in [3.63, 3.8) is 0 Å². The predicted molar refractivity (Wildman–Crippen MR) is 129 cm³/mol. The Bertz CT molecular complexity index is 798. The van der Waals surface area contributed by atoms with Gasteiger partial charge in [0.2, 0.25) is 0 Å². The fourth-order valence-corrected chi connectivity index (χ4v) is 3.21. The number of hydrogen-bond donors (Lipinski definition) is 2. The van der Waals surface area contributed by atoms with Crippen molar-refractivity contribution in [1.29, 1.82) is 0 Å². The lowest BCUT2D eigenvalue weighted by Gasteiger charge is -2.22. The quantitative estimate of drug-likeness (QED) is 0.304. The highest BCUT2D eigenvalue weighted by Gasteiger charge is 2.14. The van der Waals surface area contributed by atoms with Crippen molar-refractivity contribution in [3.05, 3.63) is 71.0 Å². The molecule has 7 heteroatoms. The van der Waals surface area contributed by atoms with Crippen LogP contribution in [0.25, 0.3) is 0 Å². The van der Waals surface area contributed by atoms with Crippen molar-refractivity contribution in [2.45, 2.75) is 45.6 Å². The summed E-state index contributed by atoms with van der Waals surface area (Å²) in [5.74, 6) is 0.452. The zero-order valence-corrected chi connectivity index (χ0v) is 19.7. The first kappa shape index (κ1) is 24.6. The Morgan fingerprint density at radius 3 is 2.63 bits per heavy atom. The molecule has 2 aromatic rings. The van der Waals surface area contributed by atoms with Gasteiger partial charge in [-0.2, -0.15) is 0 Å². The molecule has 5 nitrogen and oxygen atoms in total. The van der Waals surface area contributed by atoms with Gasteiger partial charge in [0.15, 0.2) is 5.96 Å². The molecule has 2 N–H and O–H groups in total. The molecule has 0 spiro atoms. The van der Waals surface area contributed by atoms with E-state index >= 15 is 0 Å². The molecular weight excluding hydrogens is 496 g/mol. The van der Waals surface area contributed by atoms with Crippen LogP contribution in [0.15, 0.2) is 53.5 Å². The summed E-state index contributed by atoms with van der Waals surface area (Å²) < 4.78 is 25.2. The first-order chi connectivity index (χ1) is 14.2. The van der Waals surface area contributed by atoms with Crippen LogP contribution in [0.1, 0.15) is 36.5 Å². The van der Waals surface area contributed by atoms with E-state index in [2.05, 4.69) is 33.8 Å². The largest absolute Gasteiger partial charge is 0.381 e. The van der Waals surface area contributed by atoms with E-state index in [1.807, 2.05) is 19.1 Å². The van der Waals surface area contributed by atoms with Gasteiger partial charge in [0.1, 0.15) is 5.82 Å². The van der Waals surface area contributed by atoms with Crippen LogP contribution in [0.3, 0.4) is 0 Å². The highest BCUT2D eigenvalue weighted by atomic mass is 127. The van der Waals surface area contributed by atoms with E-state index in [1.54, 1.807) is 12.1 Å². The van der Waals surface area contributed by atoms with E-state index in [0.29, 0.717) is 31.2 Å². The minimum absolute atomic E-state index is 0. The fraction of sp³-hybridized carbons (Fsp3) is 0.435. The van der Waals surface area contributed by atoms with Crippen LogP contribution in [-0.4, -0.2) is 31.8 Å². The Morgan fingerprint density at radius 2 is 1.87 bits per heavy atom. The van der Waals surface area contributed by atoms with Gasteiger partial charge in [-0.1, -0.05) is 42.5 Å². The van der Waals surface area contributed by atoms with Crippen molar-refractivity contribution in [2.75, 3.05) is 19.8 Å². The number of halogens is 2. The standard InChI is InChI=1S/C23H30FN3O2.HI/c1-2-25-23(27-16-20-8-3-4-9-22(20)24)26-15-18-6-5-7-19(14-18)17-29-21-10-12-28-13-11-21;/h3-9,14,21H,2,10-13,15-17H2,1H3,(H2,25,26,27);1H. The monoisotopic (exact) mass is 527 g/mol. The van der Waals surface area contributed by atoms with Gasteiger partial charge in [-0.3, -0.25) is 0 Å². The number of rotatable bonds is 8. The zero-order valence-electron chi connectivity index (χ0n) is 17.4. The van der Waals surface area contributed by atoms with Crippen molar-refractivity contribution in [1.82, 2.24) is 10.6 Å². The molecule has 1 aliphatic heterocycles. The van der Waals surface area contributed by atoms with E-state index in [1.165, 1.54) is 6.07 Å². The van der Waals surface area contributed by atoms with Crippen LogP contribution in [0.5, 0.6) is 0 Å². The average Bonchev–Trinajstić information content (AvgIpc) is 2.76. The van der Waals surface area contributed by atoms with Crippen LogP contribution >= 0.6 is 24.0 Å². The number of hydrogen-bond acceptors (Lipinski definition) is 3. The third-order valence-electron chi connectivity index (χ3n) is 4.81. The van der Waals surface area contributed by atoms with Gasteiger partial charge in [-0.15, -0.1) is 24.0 Å². The van der Waals surface area contributed by atoms with Gasteiger partial charge in [0, 0.05) is 31.9 Å². The maximum Gasteiger partial charge on any atom is 0.191 e. The first-order valence-corrected chi connectivity index (χ1v) is 10.3. The lowest BCUT2D eigenvalue weighted by atomic mass is 10.1. The molecule has 0 unspecified atom stereocenters. The molecule has 1 fully saturated rings. The number of ether oxygens (including phenoxy) is 2. The molecule has 0 amide bonds. The van der Waals surface area contributed by atoms with Crippen LogP contribution < -0.4 is 10.6 Å². The smallest absolute Gasteiger partial charge is 0.191 e. The normalized spacial score (nSPS) is 14.8. The zero-order chi connectivity index (χ0) is 20.3. The molecule has 0 bridgehead atoms. The minimum Gasteiger partial charge on any atom is -0.381 e. The van der Waals surface area contributed by atoms with E-state index in [-0.39, 0.29) is 35.9 Å². The molecule has 1 heterocycles. The Kier molecular flexibility index (Phi) is 11.1. The Labute approximate surface area is 195 Å². The third-order valence-corrected chi connectivity index (χ3v) is 4.81. The molecule has 164 valence electrons. The summed E-state index contributed by atoms with van der Waals surface area (Å²) in [5.41, 5.74) is 2.88. The molecule has 0 atom stereocenters. The summed E-state index contributed by atoms with van der Waals surface area (Å²) in [6, 6.07) is 15.1. The SMILES string of the molecule is CCNC(=NCc1cccc(COC2CCOCC2)c1)NCc1ccccc1F.I. The van der Waals surface area contributed by atoms with Gasteiger partial charge in [-0.25, -0.2) is 9.38 Å². The molecule has 0 aromatic heterocycles. The number of nitrogens with zero attached hydrogens (tertiary/aromatic N) is 1. The molecule has 30 heavy (non-hydrogen) atoms. The molecule has 2 aromatic carbocycles. The highest BCUT2D eigenvalue weighted by molar-refractivity contribution is 14.0. The van der Waals surface area contributed by atoms with Gasteiger partial charge >= 0.3 is 0 Å². The van der Waals surface area contributed by atoms with E-state index in [0.717, 1.165) is 43.7 Å². The van der Waals surface area contributed by atoms with Gasteiger partial charge in [0.05, 0.1) is 19.3 Å². The lowest BCUT2D eigenvalue weighted by molar-refractivity contribution is -0.0390. The summed E-state index contributed by atoms with van der Waals surface area (Å²) in [4.78, 5) is 4.63. The maximum absolute atomic E-state index is 13.8. The Balaban J connectivity index is 0.00000320. The molecule has 1 aliphatic rings. The molecule has 3 rings (SSSR count). The number of benzene rings is 2. The summed E-state index contributed by atoms with van der Waals surface area (Å²) in [6.07, 6.45) is 2.21. The Hall–Kier alpha value is -1.71. The van der Waals surface area contributed by atoms with E-state index < -0.39 is 0 Å². The van der Waals surface area contributed by atoms with Crippen molar-refractivity contribution in [2.24, 2.45) is 4.99 Å². The summed E-state index contributed by atoms with van der Waals surface area (Å²) >= 11 is 0. The van der Waals surface area contributed by atoms with E-state index in [4.69, 9.17) is 9.47 Å². The molecular formula is C23H31FIN3O2. The maximum atomic E-state index is 13.8. The Morgan fingerprint density at radius 1 is 1.10 bits per heavy atom. The highest BCUT2D eigenvalue weighted by Crippen LogP contribution is 2.14. The second-order valence-corrected chi connectivity index (χ2v) is 7.08. The molecule has 0 aliphatic carbocycles. The first-order valence-electron chi connectivity index (χ1n) is 10.3. The average molecular weight is 527 g/mol. The van der Waals surface area contributed by atoms with Crippen LogP contribution in [-0.2, 0) is 29.2 Å². The van der Waals surface area contributed by atoms with Crippen molar-refractivity contribution < 1.29 is 13.9 Å². The number of guanidine groups is 1. The van der Waals surface area contributed by atoms with Gasteiger partial charge < -0.3 is 20.1 Å². The minimum atomic E-state index is -0.215. The van der Waals surface area contributed by atoms with Crippen LogP contribution in [0, 0.1) is 5.82 Å².